The summed E-state index contributed by atoms with van der Waals surface area (Å²) in [5, 5.41) is 3.00. The van der Waals surface area contributed by atoms with E-state index in [9.17, 15) is 18.0 Å². The molecule has 2 aromatic carbocycles. The van der Waals surface area contributed by atoms with Gasteiger partial charge in [-0.05, 0) is 23.8 Å². The van der Waals surface area contributed by atoms with Crippen LogP contribution in [0.4, 0.5) is 13.2 Å². The third-order valence-corrected chi connectivity index (χ3v) is 8.39. The van der Waals surface area contributed by atoms with E-state index in [1.165, 1.54) is 37.6 Å². The molecule has 2 saturated heterocycles. The Hall–Kier alpha value is -4.15. The van der Waals surface area contributed by atoms with Gasteiger partial charge in [0.25, 0.3) is 0 Å². The number of amides is 1. The van der Waals surface area contributed by atoms with Crippen molar-refractivity contribution in [3.8, 4) is 45.3 Å². The molecule has 0 aliphatic carbocycles. The number of nitrogens with zero attached hydrogens (tertiary/aromatic N) is 3. The van der Waals surface area contributed by atoms with Crippen molar-refractivity contribution in [1.29, 1.82) is 0 Å². The molecule has 0 radical (unpaired) electrons. The zero-order valence-electron chi connectivity index (χ0n) is 23.5. The van der Waals surface area contributed by atoms with Crippen molar-refractivity contribution in [2.24, 2.45) is 5.41 Å². The molecule has 1 amide bonds. The van der Waals surface area contributed by atoms with Crippen LogP contribution >= 0.6 is 11.6 Å². The first-order chi connectivity index (χ1) is 20.6. The van der Waals surface area contributed by atoms with Crippen molar-refractivity contribution in [2.75, 3.05) is 33.9 Å². The highest BCUT2D eigenvalue weighted by Crippen LogP contribution is 2.46. The maximum absolute atomic E-state index is 14.7. The van der Waals surface area contributed by atoms with Crippen molar-refractivity contribution in [3.05, 3.63) is 83.0 Å². The number of benzene rings is 2. The third-order valence-electron chi connectivity index (χ3n) is 8.00. The van der Waals surface area contributed by atoms with Gasteiger partial charge >= 0.3 is 6.18 Å². The Balaban J connectivity index is 1.35. The summed E-state index contributed by atoms with van der Waals surface area (Å²) in [5.74, 6) is 0.917. The minimum Gasteiger partial charge on any atom is -0.496 e. The first-order valence-corrected chi connectivity index (χ1v) is 14.0. The number of hydrogen-bond acceptors (Lipinski definition) is 6. The lowest BCUT2D eigenvalue weighted by atomic mass is 9.79. The van der Waals surface area contributed by atoms with E-state index in [2.05, 4.69) is 20.2 Å². The lowest BCUT2D eigenvalue weighted by Crippen LogP contribution is -2.56. The molecule has 43 heavy (non-hydrogen) atoms. The minimum absolute atomic E-state index is 0.0113. The average Bonchev–Trinajstić information content (AvgIpc) is 3.38. The molecule has 4 heterocycles. The van der Waals surface area contributed by atoms with Gasteiger partial charge in [0, 0.05) is 72.5 Å². The molecule has 2 aliphatic heterocycles. The molecule has 7 nitrogen and oxygen atoms in total. The topological polar surface area (TPSA) is 76.6 Å². The predicted molar refractivity (Wildman–Crippen MR) is 157 cm³/mol. The Morgan fingerprint density at radius 2 is 1.77 bits per heavy atom. The van der Waals surface area contributed by atoms with Crippen LogP contribution in [0.2, 0.25) is 5.02 Å². The number of halogens is 4. The van der Waals surface area contributed by atoms with Crippen LogP contribution in [0, 0.1) is 5.41 Å². The molecular formula is C32H28ClF3N4O3. The number of alkyl halides is 3. The van der Waals surface area contributed by atoms with Crippen LogP contribution in [0.3, 0.4) is 0 Å². The zero-order valence-corrected chi connectivity index (χ0v) is 24.2. The molecule has 2 fully saturated rings. The summed E-state index contributed by atoms with van der Waals surface area (Å²) in [7, 11) is 2.98. The number of likely N-dealkylation sites (tertiary alicyclic amines) is 1. The van der Waals surface area contributed by atoms with Crippen molar-refractivity contribution in [3.63, 3.8) is 0 Å². The fourth-order valence-electron chi connectivity index (χ4n) is 6.08. The van der Waals surface area contributed by atoms with E-state index in [-0.39, 0.29) is 44.6 Å². The van der Waals surface area contributed by atoms with E-state index in [0.29, 0.717) is 36.5 Å². The molecule has 1 spiro atoms. The number of methoxy groups -OCH3 is 2. The standard InChI is InChI=1S/C32H28ClF3N4O3/c1-42-25-13-19(9-10-20(25)15-40-17-31(18-40)14-26(41)38-16-31)30-29(33)22(11-12-37-30)21-5-3-6-23(28(21)32(34,35)36)24-7-4-8-27(39-24)43-2/h3-13H,14-18H2,1-2H3,(H,38,41). The fraction of sp³-hybridized carbons (Fsp3) is 0.281. The SMILES string of the molecule is COc1cccc(-c2cccc(-c3ccnc(-c4ccc(CN5CC6(CNC(=O)C6)C5)c(OC)c4)c3Cl)c2C(F)(F)F)n1. The number of pyridine rings is 2. The first kappa shape index (κ1) is 28.9. The molecule has 6 rings (SSSR count). The molecule has 2 aliphatic rings. The second kappa shape index (κ2) is 11.2. The quantitative estimate of drug-likeness (QED) is 0.259. The van der Waals surface area contributed by atoms with E-state index in [1.807, 2.05) is 12.1 Å². The molecule has 1 N–H and O–H groups in total. The molecule has 2 aromatic heterocycles. The van der Waals surface area contributed by atoms with E-state index in [1.54, 1.807) is 31.4 Å². The maximum atomic E-state index is 14.7. The summed E-state index contributed by atoms with van der Waals surface area (Å²) < 4.78 is 54.8. The lowest BCUT2D eigenvalue weighted by Gasteiger charge is -2.47. The van der Waals surface area contributed by atoms with Gasteiger partial charge in [0.1, 0.15) is 5.75 Å². The summed E-state index contributed by atoms with van der Waals surface area (Å²) in [6.45, 7) is 2.98. The predicted octanol–water partition coefficient (Wildman–Crippen LogP) is 6.49. The van der Waals surface area contributed by atoms with E-state index in [4.69, 9.17) is 21.1 Å². The molecular weight excluding hydrogens is 581 g/mol. The number of carbonyl (C=O) groups is 1. The summed E-state index contributed by atoms with van der Waals surface area (Å²) in [6.07, 6.45) is -2.70. The highest BCUT2D eigenvalue weighted by molar-refractivity contribution is 6.35. The van der Waals surface area contributed by atoms with Gasteiger partial charge in [-0.15, -0.1) is 0 Å². The van der Waals surface area contributed by atoms with Crippen molar-refractivity contribution >= 4 is 17.5 Å². The zero-order chi connectivity index (χ0) is 30.4. The summed E-state index contributed by atoms with van der Waals surface area (Å²) >= 11 is 6.83. The van der Waals surface area contributed by atoms with Gasteiger partial charge in [-0.25, -0.2) is 4.98 Å². The van der Waals surface area contributed by atoms with Crippen LogP contribution in [0.1, 0.15) is 17.5 Å². The normalized spacial score (nSPS) is 16.2. The highest BCUT2D eigenvalue weighted by atomic mass is 35.5. The Labute approximate surface area is 251 Å². The third kappa shape index (κ3) is 5.52. The van der Waals surface area contributed by atoms with Crippen LogP contribution < -0.4 is 14.8 Å². The van der Waals surface area contributed by atoms with Crippen molar-refractivity contribution in [2.45, 2.75) is 19.1 Å². The van der Waals surface area contributed by atoms with Crippen LogP contribution in [0.15, 0.2) is 66.9 Å². The van der Waals surface area contributed by atoms with Crippen LogP contribution in [-0.4, -0.2) is 54.6 Å². The molecule has 222 valence electrons. The van der Waals surface area contributed by atoms with Gasteiger partial charge in [-0.2, -0.15) is 13.2 Å². The Morgan fingerprint density at radius 3 is 2.47 bits per heavy atom. The number of aromatic nitrogens is 2. The largest absolute Gasteiger partial charge is 0.496 e. The van der Waals surface area contributed by atoms with E-state index in [0.717, 1.165) is 18.7 Å². The molecule has 0 atom stereocenters. The van der Waals surface area contributed by atoms with Gasteiger partial charge in [-0.1, -0.05) is 48.0 Å². The number of hydrogen-bond donors (Lipinski definition) is 1. The van der Waals surface area contributed by atoms with Gasteiger partial charge in [0.15, 0.2) is 0 Å². The number of ether oxygens (including phenoxy) is 2. The van der Waals surface area contributed by atoms with E-state index >= 15 is 0 Å². The smallest absolute Gasteiger partial charge is 0.417 e. The fourth-order valence-corrected chi connectivity index (χ4v) is 6.40. The maximum Gasteiger partial charge on any atom is 0.417 e. The molecule has 0 unspecified atom stereocenters. The molecule has 4 aromatic rings. The summed E-state index contributed by atoms with van der Waals surface area (Å²) in [6, 6.07) is 16.0. The first-order valence-electron chi connectivity index (χ1n) is 13.6. The van der Waals surface area contributed by atoms with Gasteiger partial charge in [0.05, 0.1) is 36.2 Å². The summed E-state index contributed by atoms with van der Waals surface area (Å²) in [4.78, 5) is 22.6. The van der Waals surface area contributed by atoms with Crippen molar-refractivity contribution in [1.82, 2.24) is 20.2 Å². The lowest BCUT2D eigenvalue weighted by molar-refractivity contribution is -0.136. The van der Waals surface area contributed by atoms with Crippen molar-refractivity contribution < 1.29 is 27.4 Å². The minimum atomic E-state index is -4.70. The number of rotatable bonds is 7. The van der Waals surface area contributed by atoms with Crippen LogP contribution in [-0.2, 0) is 17.5 Å². The number of nitrogens with one attached hydrogen (secondary N) is 1. The van der Waals surface area contributed by atoms with Gasteiger partial charge < -0.3 is 14.8 Å². The Kier molecular flexibility index (Phi) is 7.52. The highest BCUT2D eigenvalue weighted by Gasteiger charge is 2.48. The van der Waals surface area contributed by atoms with Gasteiger partial charge in [0.2, 0.25) is 11.8 Å². The van der Waals surface area contributed by atoms with E-state index < -0.39 is 11.7 Å². The number of carbonyl (C=O) groups excluding carboxylic acids is 1. The van der Waals surface area contributed by atoms with Crippen LogP contribution in [0.25, 0.3) is 33.6 Å². The molecule has 11 heteroatoms. The second-order valence-corrected chi connectivity index (χ2v) is 11.3. The molecule has 0 bridgehead atoms. The van der Waals surface area contributed by atoms with Crippen LogP contribution in [0.5, 0.6) is 11.6 Å². The molecule has 0 saturated carbocycles. The second-order valence-electron chi connectivity index (χ2n) is 10.9. The Bertz CT molecular complexity index is 1710. The summed E-state index contributed by atoms with van der Waals surface area (Å²) in [5.41, 5.74) is 1.20. The average molecular weight is 609 g/mol. The Morgan fingerprint density at radius 1 is 1.00 bits per heavy atom. The van der Waals surface area contributed by atoms with Gasteiger partial charge in [-0.3, -0.25) is 14.7 Å². The monoisotopic (exact) mass is 608 g/mol.